The predicted octanol–water partition coefficient (Wildman–Crippen LogP) is 3.09. The summed E-state index contributed by atoms with van der Waals surface area (Å²) >= 11 is 0. The first-order valence-corrected chi connectivity index (χ1v) is 8.00. The SMILES string of the molecule is O=C(COc1ccccc1)Nc1ccc(N2CCCCC2)cn1. The Morgan fingerprint density at radius 3 is 2.57 bits per heavy atom. The Morgan fingerprint density at radius 1 is 1.09 bits per heavy atom. The van der Waals surface area contributed by atoms with Crippen molar-refractivity contribution < 1.29 is 9.53 Å². The van der Waals surface area contributed by atoms with Crippen LogP contribution in [0.25, 0.3) is 0 Å². The molecule has 1 aromatic heterocycles. The van der Waals surface area contributed by atoms with Gasteiger partial charge in [0.05, 0.1) is 11.9 Å². The van der Waals surface area contributed by atoms with Crippen molar-refractivity contribution in [2.45, 2.75) is 19.3 Å². The number of amides is 1. The van der Waals surface area contributed by atoms with E-state index in [1.54, 1.807) is 0 Å². The van der Waals surface area contributed by atoms with Crippen LogP contribution in [0.3, 0.4) is 0 Å². The van der Waals surface area contributed by atoms with E-state index in [4.69, 9.17) is 4.74 Å². The molecule has 1 aliphatic heterocycles. The summed E-state index contributed by atoms with van der Waals surface area (Å²) in [4.78, 5) is 18.5. The molecule has 0 atom stereocenters. The molecule has 0 saturated carbocycles. The molecule has 2 aromatic rings. The molecule has 1 amide bonds. The molecule has 1 aromatic carbocycles. The van der Waals surface area contributed by atoms with E-state index in [0.717, 1.165) is 18.8 Å². The van der Waals surface area contributed by atoms with Crippen LogP contribution in [0.5, 0.6) is 5.75 Å². The molecular formula is C18H21N3O2. The van der Waals surface area contributed by atoms with Crippen LogP contribution in [0.4, 0.5) is 11.5 Å². The highest BCUT2D eigenvalue weighted by Crippen LogP contribution is 2.19. The molecule has 0 bridgehead atoms. The van der Waals surface area contributed by atoms with Crippen molar-refractivity contribution >= 4 is 17.4 Å². The van der Waals surface area contributed by atoms with Crippen LogP contribution in [0, 0.1) is 0 Å². The molecule has 1 N–H and O–H groups in total. The fourth-order valence-electron chi connectivity index (χ4n) is 2.64. The van der Waals surface area contributed by atoms with Crippen LogP contribution in [0.2, 0.25) is 0 Å². The van der Waals surface area contributed by atoms with Gasteiger partial charge in [-0.05, 0) is 43.5 Å². The highest BCUT2D eigenvalue weighted by atomic mass is 16.5. The zero-order chi connectivity index (χ0) is 15.9. The maximum absolute atomic E-state index is 11.9. The molecule has 23 heavy (non-hydrogen) atoms. The Balaban J connectivity index is 1.50. The maximum atomic E-state index is 11.9. The van der Waals surface area contributed by atoms with E-state index < -0.39 is 0 Å². The quantitative estimate of drug-likeness (QED) is 0.922. The molecular weight excluding hydrogens is 290 g/mol. The minimum absolute atomic E-state index is 0.0282. The molecule has 120 valence electrons. The van der Waals surface area contributed by atoms with Crippen molar-refractivity contribution in [2.24, 2.45) is 0 Å². The summed E-state index contributed by atoms with van der Waals surface area (Å²) in [6.07, 6.45) is 5.59. The monoisotopic (exact) mass is 311 g/mol. The lowest BCUT2D eigenvalue weighted by molar-refractivity contribution is -0.118. The number of carbonyl (C=O) groups is 1. The number of benzene rings is 1. The second kappa shape index (κ2) is 7.63. The summed E-state index contributed by atoms with van der Waals surface area (Å²) in [5.74, 6) is 1.01. The lowest BCUT2D eigenvalue weighted by Crippen LogP contribution is -2.29. The normalized spacial score (nSPS) is 14.3. The van der Waals surface area contributed by atoms with Gasteiger partial charge in [-0.2, -0.15) is 0 Å². The van der Waals surface area contributed by atoms with Crippen molar-refractivity contribution in [1.29, 1.82) is 0 Å². The number of carbonyl (C=O) groups excluding carboxylic acids is 1. The summed E-state index contributed by atoms with van der Waals surface area (Å²) in [6, 6.07) is 13.1. The third-order valence-corrected chi connectivity index (χ3v) is 3.85. The maximum Gasteiger partial charge on any atom is 0.263 e. The van der Waals surface area contributed by atoms with Gasteiger partial charge in [-0.25, -0.2) is 4.98 Å². The van der Waals surface area contributed by atoms with E-state index >= 15 is 0 Å². The zero-order valence-corrected chi connectivity index (χ0v) is 13.1. The van der Waals surface area contributed by atoms with E-state index in [0.29, 0.717) is 11.6 Å². The molecule has 3 rings (SSSR count). The van der Waals surface area contributed by atoms with Crippen molar-refractivity contribution in [2.75, 3.05) is 29.9 Å². The van der Waals surface area contributed by atoms with Crippen LogP contribution < -0.4 is 15.0 Å². The molecule has 5 heteroatoms. The van der Waals surface area contributed by atoms with Crippen molar-refractivity contribution in [3.05, 3.63) is 48.7 Å². The second-order valence-electron chi connectivity index (χ2n) is 5.60. The molecule has 1 aliphatic rings. The molecule has 0 spiro atoms. The molecule has 1 fully saturated rings. The fourth-order valence-corrected chi connectivity index (χ4v) is 2.64. The van der Waals surface area contributed by atoms with Gasteiger partial charge in [0.2, 0.25) is 0 Å². The largest absolute Gasteiger partial charge is 0.484 e. The molecule has 0 radical (unpaired) electrons. The van der Waals surface area contributed by atoms with E-state index in [1.807, 2.05) is 48.7 Å². The van der Waals surface area contributed by atoms with Gasteiger partial charge < -0.3 is 15.0 Å². The Labute approximate surface area is 136 Å². The average molecular weight is 311 g/mol. The first kappa shape index (κ1) is 15.3. The number of ether oxygens (including phenoxy) is 1. The van der Waals surface area contributed by atoms with Crippen LogP contribution in [0.1, 0.15) is 19.3 Å². The average Bonchev–Trinajstić information content (AvgIpc) is 2.62. The van der Waals surface area contributed by atoms with Crippen LogP contribution in [0.15, 0.2) is 48.7 Å². The number of piperidine rings is 1. The molecule has 0 aliphatic carbocycles. The summed E-state index contributed by atoms with van der Waals surface area (Å²) in [5, 5.41) is 2.75. The first-order chi connectivity index (χ1) is 11.3. The second-order valence-corrected chi connectivity index (χ2v) is 5.60. The summed E-state index contributed by atoms with van der Waals surface area (Å²) < 4.78 is 5.41. The highest BCUT2D eigenvalue weighted by Gasteiger charge is 2.11. The lowest BCUT2D eigenvalue weighted by atomic mass is 10.1. The van der Waals surface area contributed by atoms with Gasteiger partial charge >= 0.3 is 0 Å². The van der Waals surface area contributed by atoms with Gasteiger partial charge in [-0.15, -0.1) is 0 Å². The summed E-state index contributed by atoms with van der Waals surface area (Å²) in [5.41, 5.74) is 1.11. The Bertz CT molecular complexity index is 622. The van der Waals surface area contributed by atoms with Crippen molar-refractivity contribution in [3.63, 3.8) is 0 Å². The summed E-state index contributed by atoms with van der Waals surface area (Å²) in [7, 11) is 0. The minimum atomic E-state index is -0.216. The number of pyridine rings is 1. The van der Waals surface area contributed by atoms with E-state index in [-0.39, 0.29) is 12.5 Å². The van der Waals surface area contributed by atoms with Crippen LogP contribution >= 0.6 is 0 Å². The molecule has 2 heterocycles. The first-order valence-electron chi connectivity index (χ1n) is 8.00. The van der Waals surface area contributed by atoms with Gasteiger partial charge in [-0.1, -0.05) is 18.2 Å². The highest BCUT2D eigenvalue weighted by molar-refractivity contribution is 5.91. The van der Waals surface area contributed by atoms with Crippen LogP contribution in [-0.4, -0.2) is 30.6 Å². The van der Waals surface area contributed by atoms with E-state index in [1.165, 1.54) is 19.3 Å². The Morgan fingerprint density at radius 2 is 1.87 bits per heavy atom. The van der Waals surface area contributed by atoms with Gasteiger partial charge in [0.25, 0.3) is 5.91 Å². The van der Waals surface area contributed by atoms with Crippen LogP contribution in [-0.2, 0) is 4.79 Å². The number of anilines is 2. The van der Waals surface area contributed by atoms with Crippen molar-refractivity contribution in [1.82, 2.24) is 4.98 Å². The zero-order valence-electron chi connectivity index (χ0n) is 13.1. The number of nitrogens with zero attached hydrogens (tertiary/aromatic N) is 2. The van der Waals surface area contributed by atoms with Gasteiger partial charge in [0.1, 0.15) is 11.6 Å². The number of rotatable bonds is 5. The number of hydrogen-bond acceptors (Lipinski definition) is 4. The van der Waals surface area contributed by atoms with Crippen molar-refractivity contribution in [3.8, 4) is 5.75 Å². The third-order valence-electron chi connectivity index (χ3n) is 3.85. The fraction of sp³-hybridized carbons (Fsp3) is 0.333. The number of hydrogen-bond donors (Lipinski definition) is 1. The van der Waals surface area contributed by atoms with E-state index in [2.05, 4.69) is 15.2 Å². The predicted molar refractivity (Wildman–Crippen MR) is 90.9 cm³/mol. The lowest BCUT2D eigenvalue weighted by Gasteiger charge is -2.28. The van der Waals surface area contributed by atoms with Gasteiger partial charge in [0, 0.05) is 13.1 Å². The van der Waals surface area contributed by atoms with Gasteiger partial charge in [-0.3, -0.25) is 4.79 Å². The number of para-hydroxylation sites is 1. The number of nitrogens with one attached hydrogen (secondary N) is 1. The van der Waals surface area contributed by atoms with E-state index in [9.17, 15) is 4.79 Å². The third kappa shape index (κ3) is 4.45. The Hall–Kier alpha value is -2.56. The standard InChI is InChI=1S/C18H21N3O2/c22-18(14-23-16-7-3-1-4-8-16)20-17-10-9-15(13-19-17)21-11-5-2-6-12-21/h1,3-4,7-10,13H,2,5-6,11-12,14H2,(H,19,20,22). The topological polar surface area (TPSA) is 54.5 Å². The minimum Gasteiger partial charge on any atom is -0.484 e. The smallest absolute Gasteiger partial charge is 0.263 e. The molecule has 1 saturated heterocycles. The van der Waals surface area contributed by atoms with Gasteiger partial charge in [0.15, 0.2) is 6.61 Å². The summed E-state index contributed by atoms with van der Waals surface area (Å²) in [6.45, 7) is 2.14. The molecule has 0 unspecified atom stereocenters. The molecule has 5 nitrogen and oxygen atoms in total. The number of aromatic nitrogens is 1. The Kier molecular flexibility index (Phi) is 5.09.